The van der Waals surface area contributed by atoms with Gasteiger partial charge in [0.2, 0.25) is 0 Å². The van der Waals surface area contributed by atoms with Crippen LogP contribution in [0.5, 0.6) is 0 Å². The summed E-state index contributed by atoms with van der Waals surface area (Å²) < 4.78 is 0. The Morgan fingerprint density at radius 1 is 1.86 bits per heavy atom. The molecule has 0 atom stereocenters. The topological polar surface area (TPSA) is 3.24 Å². The SMILES string of the molecule is BC1=CCN(C)C1. The van der Waals surface area contributed by atoms with Crippen LogP contribution in [0.4, 0.5) is 0 Å². The van der Waals surface area contributed by atoms with E-state index in [0.717, 1.165) is 6.54 Å². The summed E-state index contributed by atoms with van der Waals surface area (Å²) in [4.78, 5) is 2.29. The molecule has 1 heterocycles. The fourth-order valence-electron chi connectivity index (χ4n) is 0.867. The molecule has 0 aromatic heterocycles. The van der Waals surface area contributed by atoms with E-state index in [2.05, 4.69) is 25.9 Å². The molecule has 0 fully saturated rings. The average Bonchev–Trinajstić information content (AvgIpc) is 1.87. The molecule has 0 radical (unpaired) electrons. The van der Waals surface area contributed by atoms with Gasteiger partial charge < -0.3 is 0 Å². The van der Waals surface area contributed by atoms with E-state index in [1.54, 1.807) is 0 Å². The predicted octanol–water partition coefficient (Wildman–Crippen LogP) is -0.551. The first-order valence-corrected chi connectivity index (χ1v) is 2.63. The summed E-state index contributed by atoms with van der Waals surface area (Å²) in [7, 11) is 4.30. The van der Waals surface area contributed by atoms with Crippen LogP contribution >= 0.6 is 0 Å². The lowest BCUT2D eigenvalue weighted by molar-refractivity contribution is 0.433. The van der Waals surface area contributed by atoms with Crippen molar-refractivity contribution in [2.75, 3.05) is 20.1 Å². The molecule has 0 aliphatic carbocycles. The van der Waals surface area contributed by atoms with E-state index in [4.69, 9.17) is 0 Å². The van der Waals surface area contributed by atoms with Crippen molar-refractivity contribution in [3.63, 3.8) is 0 Å². The molecule has 7 heavy (non-hydrogen) atoms. The van der Waals surface area contributed by atoms with Gasteiger partial charge in [0.1, 0.15) is 7.85 Å². The van der Waals surface area contributed by atoms with Gasteiger partial charge in [-0.2, -0.15) is 0 Å². The third-order valence-corrected chi connectivity index (χ3v) is 1.27. The quantitative estimate of drug-likeness (QED) is 0.365. The van der Waals surface area contributed by atoms with Crippen LogP contribution in [-0.4, -0.2) is 32.9 Å². The number of rotatable bonds is 0. The predicted molar refractivity (Wildman–Crippen MR) is 34.1 cm³/mol. The second-order valence-corrected chi connectivity index (χ2v) is 2.25. The minimum absolute atomic E-state index is 1.14. The van der Waals surface area contributed by atoms with Crippen LogP contribution in [-0.2, 0) is 0 Å². The molecular formula is C5H10BN. The fraction of sp³-hybridized carbons (Fsp3) is 0.600. The van der Waals surface area contributed by atoms with Crippen molar-refractivity contribution in [2.24, 2.45) is 0 Å². The highest BCUT2D eigenvalue weighted by Gasteiger charge is 2.02. The van der Waals surface area contributed by atoms with Gasteiger partial charge in [0.05, 0.1) is 0 Å². The first-order valence-electron chi connectivity index (χ1n) is 2.63. The Hall–Kier alpha value is -0.235. The number of nitrogens with zero attached hydrogens (tertiary/aromatic N) is 1. The maximum Gasteiger partial charge on any atom is 0.135 e. The minimum atomic E-state index is 1.14. The second-order valence-electron chi connectivity index (χ2n) is 2.25. The molecule has 0 unspecified atom stereocenters. The van der Waals surface area contributed by atoms with Gasteiger partial charge in [-0.05, 0) is 7.05 Å². The summed E-state index contributed by atoms with van der Waals surface area (Å²) in [6, 6.07) is 0. The van der Waals surface area contributed by atoms with Crippen LogP contribution in [0.25, 0.3) is 0 Å². The van der Waals surface area contributed by atoms with Gasteiger partial charge >= 0.3 is 0 Å². The second kappa shape index (κ2) is 1.70. The Morgan fingerprint density at radius 3 is 2.71 bits per heavy atom. The van der Waals surface area contributed by atoms with E-state index >= 15 is 0 Å². The molecule has 0 aromatic rings. The molecule has 1 aliphatic heterocycles. The highest BCUT2D eigenvalue weighted by molar-refractivity contribution is 6.22. The summed E-state index contributed by atoms with van der Waals surface area (Å²) in [5, 5.41) is 0. The molecule has 2 heteroatoms. The molecule has 1 aliphatic rings. The Balaban J connectivity index is 2.42. The van der Waals surface area contributed by atoms with Crippen molar-refractivity contribution in [2.45, 2.75) is 0 Å². The van der Waals surface area contributed by atoms with Gasteiger partial charge in [-0.3, -0.25) is 4.90 Å². The maximum absolute atomic E-state index is 2.29. The smallest absolute Gasteiger partial charge is 0.135 e. The van der Waals surface area contributed by atoms with Gasteiger partial charge in [-0.1, -0.05) is 11.5 Å². The lowest BCUT2D eigenvalue weighted by Crippen LogP contribution is -2.13. The highest BCUT2D eigenvalue weighted by Crippen LogP contribution is 2.00. The first-order chi connectivity index (χ1) is 3.29. The standard InChI is InChI=1S/C5H10BN/c1-7-3-2-5(6)4-7/h2H,3-4,6H2,1H3. The minimum Gasteiger partial charge on any atom is -0.300 e. The molecule has 0 saturated carbocycles. The zero-order chi connectivity index (χ0) is 5.28. The summed E-state index contributed by atoms with van der Waals surface area (Å²) in [6.45, 7) is 2.31. The van der Waals surface area contributed by atoms with Gasteiger partial charge in [0, 0.05) is 13.1 Å². The zero-order valence-electron chi connectivity index (χ0n) is 4.94. The summed E-state index contributed by atoms with van der Waals surface area (Å²) in [6.07, 6.45) is 2.26. The molecule has 1 nitrogen and oxygen atoms in total. The molecule has 0 N–H and O–H groups in total. The van der Waals surface area contributed by atoms with Crippen LogP contribution in [0.2, 0.25) is 0 Å². The van der Waals surface area contributed by atoms with Crippen LogP contribution in [0.1, 0.15) is 0 Å². The summed E-state index contributed by atoms with van der Waals surface area (Å²) in [5.74, 6) is 0. The first kappa shape index (κ1) is 4.91. The lowest BCUT2D eigenvalue weighted by Gasteiger charge is -2.03. The van der Waals surface area contributed by atoms with Gasteiger partial charge in [0.15, 0.2) is 0 Å². The highest BCUT2D eigenvalue weighted by atomic mass is 15.1. The molecule has 1 rings (SSSR count). The van der Waals surface area contributed by atoms with Crippen LogP contribution < -0.4 is 0 Å². The van der Waals surface area contributed by atoms with Crippen LogP contribution in [0.15, 0.2) is 11.5 Å². The molecule has 0 amide bonds. The third-order valence-electron chi connectivity index (χ3n) is 1.27. The third kappa shape index (κ3) is 1.06. The molecular weight excluding hydrogens is 84.9 g/mol. The molecule has 0 bridgehead atoms. The molecule has 0 saturated heterocycles. The summed E-state index contributed by atoms with van der Waals surface area (Å²) >= 11 is 0. The van der Waals surface area contributed by atoms with E-state index < -0.39 is 0 Å². The van der Waals surface area contributed by atoms with Crippen molar-refractivity contribution in [1.82, 2.24) is 4.90 Å². The van der Waals surface area contributed by atoms with Gasteiger partial charge in [0.25, 0.3) is 0 Å². The average molecular weight is 95.0 g/mol. The van der Waals surface area contributed by atoms with Crippen molar-refractivity contribution in [3.8, 4) is 0 Å². The molecule has 38 valence electrons. The largest absolute Gasteiger partial charge is 0.300 e. The Kier molecular flexibility index (Phi) is 1.20. The molecule has 0 aromatic carbocycles. The lowest BCUT2D eigenvalue weighted by atomic mass is 9.97. The van der Waals surface area contributed by atoms with Crippen LogP contribution in [0.3, 0.4) is 0 Å². The Bertz CT molecular complexity index is 98.3. The van der Waals surface area contributed by atoms with Gasteiger partial charge in [-0.15, -0.1) is 0 Å². The Labute approximate surface area is 45.4 Å². The maximum atomic E-state index is 2.29. The molecule has 0 spiro atoms. The van der Waals surface area contributed by atoms with Crippen molar-refractivity contribution in [1.29, 1.82) is 0 Å². The Morgan fingerprint density at radius 2 is 2.57 bits per heavy atom. The van der Waals surface area contributed by atoms with Crippen LogP contribution in [0, 0.1) is 0 Å². The van der Waals surface area contributed by atoms with Gasteiger partial charge in [-0.25, -0.2) is 0 Å². The summed E-state index contributed by atoms with van der Waals surface area (Å²) in [5.41, 5.74) is 1.50. The van der Waals surface area contributed by atoms with Crippen molar-refractivity contribution >= 4 is 7.85 Å². The van der Waals surface area contributed by atoms with E-state index in [1.807, 2.05) is 0 Å². The normalized spacial score (nSPS) is 22.7. The van der Waals surface area contributed by atoms with E-state index in [9.17, 15) is 0 Å². The fourth-order valence-corrected chi connectivity index (χ4v) is 0.867. The van der Waals surface area contributed by atoms with E-state index in [0.29, 0.717) is 0 Å². The monoisotopic (exact) mass is 95.1 g/mol. The number of hydrogen-bond donors (Lipinski definition) is 0. The van der Waals surface area contributed by atoms with Crippen molar-refractivity contribution < 1.29 is 0 Å². The number of likely N-dealkylation sites (N-methyl/N-ethyl adjacent to an activating group) is 1. The van der Waals surface area contributed by atoms with E-state index in [1.165, 1.54) is 12.0 Å². The van der Waals surface area contributed by atoms with E-state index in [-0.39, 0.29) is 0 Å². The zero-order valence-corrected chi connectivity index (χ0v) is 4.94. The number of hydrogen-bond acceptors (Lipinski definition) is 1. The van der Waals surface area contributed by atoms with Crippen molar-refractivity contribution in [3.05, 3.63) is 11.5 Å².